The van der Waals surface area contributed by atoms with E-state index in [1.807, 2.05) is 0 Å². The van der Waals surface area contributed by atoms with E-state index in [4.69, 9.17) is 15.2 Å². The molecule has 9 nitrogen and oxygen atoms in total. The Bertz CT molecular complexity index is 1450. The summed E-state index contributed by atoms with van der Waals surface area (Å²) in [5, 5.41) is 7.29. The second-order valence-electron chi connectivity index (χ2n) is 10.4. The third-order valence-corrected chi connectivity index (χ3v) is 7.09. The Morgan fingerprint density at radius 3 is 2.49 bits per heavy atom. The van der Waals surface area contributed by atoms with E-state index >= 15 is 0 Å². The highest BCUT2D eigenvalue weighted by molar-refractivity contribution is 5.96. The van der Waals surface area contributed by atoms with Crippen LogP contribution in [0.15, 0.2) is 60.9 Å². The number of anilines is 1. The average Bonchev–Trinajstić information content (AvgIpc) is 3.00. The number of carbonyl (C=O) groups excluding carboxylic acids is 2. The van der Waals surface area contributed by atoms with Gasteiger partial charge in [0.25, 0.3) is 0 Å². The van der Waals surface area contributed by atoms with E-state index in [0.717, 1.165) is 6.20 Å². The van der Waals surface area contributed by atoms with Gasteiger partial charge in [-0.25, -0.2) is 18.0 Å². The number of hydrogen-bond acceptors (Lipinski definition) is 7. The lowest BCUT2D eigenvalue weighted by molar-refractivity contribution is -0.124. The average molecular weight is 640 g/mol. The fourth-order valence-electron chi connectivity index (χ4n) is 4.83. The van der Waals surface area contributed by atoms with E-state index in [2.05, 4.69) is 15.6 Å². The number of nitrogens with one attached hydrogen (secondary N) is 3. The van der Waals surface area contributed by atoms with Gasteiger partial charge in [-0.3, -0.25) is 9.78 Å². The van der Waals surface area contributed by atoms with E-state index < -0.39 is 66.3 Å². The van der Waals surface area contributed by atoms with Crippen LogP contribution in [-0.4, -0.2) is 67.7 Å². The molecule has 2 amide bonds. The molecule has 4 atom stereocenters. The summed E-state index contributed by atoms with van der Waals surface area (Å²) < 4.78 is 89.7. The normalized spacial score (nSPS) is 18.1. The maximum absolute atomic E-state index is 14.9. The highest BCUT2D eigenvalue weighted by Crippen LogP contribution is 2.30. The van der Waals surface area contributed by atoms with Crippen molar-refractivity contribution in [1.82, 2.24) is 15.6 Å². The maximum atomic E-state index is 14.9. The van der Waals surface area contributed by atoms with E-state index in [9.17, 15) is 35.9 Å². The van der Waals surface area contributed by atoms with E-state index in [1.54, 1.807) is 11.4 Å². The van der Waals surface area contributed by atoms with Gasteiger partial charge < -0.3 is 31.2 Å². The molecule has 0 saturated carbocycles. The first-order chi connectivity index (χ1) is 21.4. The predicted molar refractivity (Wildman–Crippen MR) is 151 cm³/mol. The number of benzene rings is 2. The van der Waals surface area contributed by atoms with Crippen LogP contribution in [0.1, 0.15) is 29.0 Å². The van der Waals surface area contributed by atoms with Crippen molar-refractivity contribution in [2.45, 2.75) is 43.1 Å². The third kappa shape index (κ3) is 9.89. The molecule has 0 aliphatic carbocycles. The molecule has 45 heavy (non-hydrogen) atoms. The Morgan fingerprint density at radius 2 is 1.82 bits per heavy atom. The number of morpholine rings is 1. The zero-order valence-electron chi connectivity index (χ0n) is 23.8. The second-order valence-corrected chi connectivity index (χ2v) is 10.4. The lowest BCUT2D eigenvalue weighted by Gasteiger charge is -2.30. The summed E-state index contributed by atoms with van der Waals surface area (Å²) in [5.74, 6) is -3.30. The fraction of sp³-hybridized carbons (Fsp3) is 0.367. The van der Waals surface area contributed by atoms with Gasteiger partial charge in [-0.2, -0.15) is 13.2 Å². The van der Waals surface area contributed by atoms with Crippen molar-refractivity contribution in [1.29, 1.82) is 0 Å². The number of alkyl halides is 3. The Kier molecular flexibility index (Phi) is 11.4. The molecule has 2 aromatic carbocycles. The molecule has 4 rings (SSSR count). The van der Waals surface area contributed by atoms with Crippen LogP contribution in [0.5, 0.6) is 0 Å². The minimum atomic E-state index is -4.56. The Labute approximate surface area is 254 Å². The standard InChI is InChI=1S/C30H31F6N5O4/c31-19-6-4-17(5-7-19)26(18-2-1-3-20(32)10-18)27(37)28(42)41-25-13-38-12-24(33)23(25)9-8-22-11-39-21(14-44-22)15-45-29(43)40-16-30(34,35)36/h1-7,10,12-13,21-22,26-27,39H,8-9,11,14-16,37H2,(H,40,43)(H,41,42)/t21-,22-,26-,27+/m1/s1. The molecule has 0 unspecified atom stereocenters. The van der Waals surface area contributed by atoms with Crippen molar-refractivity contribution in [3.8, 4) is 0 Å². The predicted octanol–water partition coefficient (Wildman–Crippen LogP) is 4.17. The zero-order valence-corrected chi connectivity index (χ0v) is 23.8. The minimum absolute atomic E-state index is 0.0764. The quantitative estimate of drug-likeness (QED) is 0.232. The topological polar surface area (TPSA) is 128 Å². The molecule has 1 saturated heterocycles. The number of hydrogen-bond donors (Lipinski definition) is 4. The first kappa shape index (κ1) is 33.7. The summed E-state index contributed by atoms with van der Waals surface area (Å²) in [5.41, 5.74) is 7.45. The van der Waals surface area contributed by atoms with Crippen molar-refractivity contribution in [2.75, 3.05) is 31.6 Å². The Balaban J connectivity index is 1.36. The van der Waals surface area contributed by atoms with Gasteiger partial charge >= 0.3 is 12.3 Å². The minimum Gasteiger partial charge on any atom is -0.448 e. The van der Waals surface area contributed by atoms with Crippen LogP contribution in [0.25, 0.3) is 0 Å². The van der Waals surface area contributed by atoms with Gasteiger partial charge in [0, 0.05) is 18.0 Å². The molecule has 2 heterocycles. The van der Waals surface area contributed by atoms with E-state index in [-0.39, 0.29) is 37.4 Å². The number of rotatable bonds is 11. The van der Waals surface area contributed by atoms with Crippen molar-refractivity contribution in [3.63, 3.8) is 0 Å². The first-order valence-corrected chi connectivity index (χ1v) is 13.9. The van der Waals surface area contributed by atoms with Gasteiger partial charge in [0.2, 0.25) is 5.91 Å². The van der Waals surface area contributed by atoms with Gasteiger partial charge in [-0.1, -0.05) is 24.3 Å². The highest BCUT2D eigenvalue weighted by Gasteiger charge is 2.30. The van der Waals surface area contributed by atoms with Crippen LogP contribution < -0.4 is 21.7 Å². The first-order valence-electron chi connectivity index (χ1n) is 13.9. The third-order valence-electron chi connectivity index (χ3n) is 7.09. The van der Waals surface area contributed by atoms with Gasteiger partial charge in [0.1, 0.15) is 30.6 Å². The number of aromatic nitrogens is 1. The summed E-state index contributed by atoms with van der Waals surface area (Å²) >= 11 is 0. The van der Waals surface area contributed by atoms with E-state index in [1.165, 1.54) is 48.7 Å². The van der Waals surface area contributed by atoms with E-state index in [0.29, 0.717) is 17.5 Å². The highest BCUT2D eigenvalue weighted by atomic mass is 19.4. The summed E-state index contributed by atoms with van der Waals surface area (Å²) in [4.78, 5) is 28.6. The van der Waals surface area contributed by atoms with Crippen molar-refractivity contribution < 1.29 is 45.4 Å². The lowest BCUT2D eigenvalue weighted by atomic mass is 9.85. The molecular formula is C30H31F6N5O4. The molecule has 0 radical (unpaired) electrons. The number of halogens is 6. The monoisotopic (exact) mass is 639 g/mol. The van der Waals surface area contributed by atoms with Gasteiger partial charge in [0.15, 0.2) is 0 Å². The van der Waals surface area contributed by atoms with Gasteiger partial charge in [-0.05, 0) is 48.2 Å². The molecule has 5 N–H and O–H groups in total. The Morgan fingerprint density at radius 1 is 1.07 bits per heavy atom. The Hall–Kier alpha value is -4.21. The van der Waals surface area contributed by atoms with Crippen LogP contribution in [0.2, 0.25) is 0 Å². The number of ether oxygens (including phenoxy) is 2. The fourth-order valence-corrected chi connectivity index (χ4v) is 4.83. The van der Waals surface area contributed by atoms with Gasteiger partial charge in [-0.15, -0.1) is 0 Å². The van der Waals surface area contributed by atoms with Crippen LogP contribution >= 0.6 is 0 Å². The molecular weight excluding hydrogens is 608 g/mol. The van der Waals surface area contributed by atoms with Crippen LogP contribution in [0, 0.1) is 17.5 Å². The number of nitrogens with two attached hydrogens (primary N) is 1. The van der Waals surface area contributed by atoms with Crippen LogP contribution in [0.4, 0.5) is 36.8 Å². The van der Waals surface area contributed by atoms with Crippen molar-refractivity contribution in [2.24, 2.45) is 5.73 Å². The largest absolute Gasteiger partial charge is 0.448 e. The molecule has 0 bridgehead atoms. The van der Waals surface area contributed by atoms with Gasteiger partial charge in [0.05, 0.1) is 42.9 Å². The van der Waals surface area contributed by atoms with Crippen LogP contribution in [0.3, 0.4) is 0 Å². The molecule has 1 aliphatic rings. The number of pyridine rings is 1. The molecule has 242 valence electrons. The smallest absolute Gasteiger partial charge is 0.407 e. The molecule has 1 aromatic heterocycles. The summed E-state index contributed by atoms with van der Waals surface area (Å²) in [7, 11) is 0. The molecule has 15 heteroatoms. The second kappa shape index (κ2) is 15.2. The number of alkyl carbamates (subject to hydrolysis) is 1. The SMILES string of the molecule is N[C@H](C(=O)Nc1cncc(F)c1CC[C@@H]1CN[C@@H](COC(=O)NCC(F)(F)F)CO1)[C@H](c1ccc(F)cc1)c1cccc(F)c1. The molecule has 1 aliphatic heterocycles. The zero-order chi connectivity index (χ0) is 32.6. The summed E-state index contributed by atoms with van der Waals surface area (Å²) in [6.07, 6.45) is -3.46. The van der Waals surface area contributed by atoms with Crippen LogP contribution in [-0.2, 0) is 20.7 Å². The number of amides is 2. The molecule has 3 aromatic rings. The lowest BCUT2D eigenvalue weighted by Crippen LogP contribution is -2.49. The number of carbonyl (C=O) groups is 2. The van der Waals surface area contributed by atoms with Crippen molar-refractivity contribution in [3.05, 3.63) is 95.1 Å². The molecule has 1 fully saturated rings. The number of nitrogens with zero attached hydrogens (tertiary/aromatic N) is 1. The van der Waals surface area contributed by atoms with Crippen molar-refractivity contribution >= 4 is 17.7 Å². The summed E-state index contributed by atoms with van der Waals surface area (Å²) in [6.45, 7) is -1.37. The molecule has 0 spiro atoms. The maximum Gasteiger partial charge on any atom is 0.407 e. The summed E-state index contributed by atoms with van der Waals surface area (Å²) in [6, 6.07) is 9.09.